The first-order valence-electron chi connectivity index (χ1n) is 5.42. The minimum absolute atomic E-state index is 0.192. The summed E-state index contributed by atoms with van der Waals surface area (Å²) in [6.07, 6.45) is 4.81. The molecule has 1 heterocycles. The molecule has 0 unspecified atom stereocenters. The Morgan fingerprint density at radius 3 is 2.87 bits per heavy atom. The van der Waals surface area contributed by atoms with Crippen LogP contribution < -0.4 is 4.74 Å². The molecule has 0 aromatic carbocycles. The summed E-state index contributed by atoms with van der Waals surface area (Å²) >= 11 is 0. The minimum atomic E-state index is 0.192. The smallest absolute Gasteiger partial charge is 0.187 e. The average Bonchev–Trinajstić information content (AvgIpc) is 2.57. The van der Waals surface area contributed by atoms with Crippen molar-refractivity contribution in [2.75, 3.05) is 7.11 Å². The van der Waals surface area contributed by atoms with Crippen molar-refractivity contribution >= 4 is 5.78 Å². The van der Waals surface area contributed by atoms with E-state index in [2.05, 4.69) is 5.10 Å². The summed E-state index contributed by atoms with van der Waals surface area (Å²) in [7, 11) is 1.58. The van der Waals surface area contributed by atoms with Gasteiger partial charge in [0.05, 0.1) is 13.3 Å². The van der Waals surface area contributed by atoms with Crippen molar-refractivity contribution in [3.05, 3.63) is 11.9 Å². The van der Waals surface area contributed by atoms with Crippen LogP contribution in [-0.2, 0) is 6.54 Å². The zero-order valence-corrected chi connectivity index (χ0v) is 9.19. The van der Waals surface area contributed by atoms with Crippen LogP contribution in [0.3, 0.4) is 0 Å². The Bertz CT molecular complexity index is 345. The second kappa shape index (κ2) is 4.04. The SMILES string of the molecule is CCn1ncc(OC)c1C(=O)C1CCC1. The van der Waals surface area contributed by atoms with Gasteiger partial charge in [0.25, 0.3) is 0 Å². The van der Waals surface area contributed by atoms with Gasteiger partial charge in [-0.05, 0) is 19.8 Å². The third kappa shape index (κ3) is 1.64. The van der Waals surface area contributed by atoms with Crippen molar-refractivity contribution < 1.29 is 9.53 Å². The Morgan fingerprint density at radius 1 is 1.67 bits per heavy atom. The normalized spacial score (nSPS) is 16.1. The van der Waals surface area contributed by atoms with E-state index in [1.807, 2.05) is 6.92 Å². The maximum atomic E-state index is 12.1. The lowest BCUT2D eigenvalue weighted by Crippen LogP contribution is -2.25. The van der Waals surface area contributed by atoms with Crippen LogP contribution in [0.15, 0.2) is 6.20 Å². The second-order valence-corrected chi connectivity index (χ2v) is 3.87. The fourth-order valence-electron chi connectivity index (χ4n) is 1.87. The largest absolute Gasteiger partial charge is 0.493 e. The molecule has 0 aliphatic heterocycles. The Kier molecular flexibility index (Phi) is 2.75. The van der Waals surface area contributed by atoms with E-state index in [0.717, 1.165) is 12.8 Å². The molecule has 2 rings (SSSR count). The van der Waals surface area contributed by atoms with Gasteiger partial charge in [-0.2, -0.15) is 5.10 Å². The van der Waals surface area contributed by atoms with E-state index in [0.29, 0.717) is 18.0 Å². The molecule has 0 N–H and O–H groups in total. The van der Waals surface area contributed by atoms with Crippen LogP contribution in [0.4, 0.5) is 0 Å². The monoisotopic (exact) mass is 208 g/mol. The number of hydrogen-bond acceptors (Lipinski definition) is 3. The molecule has 4 nitrogen and oxygen atoms in total. The highest BCUT2D eigenvalue weighted by Crippen LogP contribution is 2.32. The van der Waals surface area contributed by atoms with Gasteiger partial charge in [0.2, 0.25) is 0 Å². The predicted molar refractivity (Wildman–Crippen MR) is 56.1 cm³/mol. The first kappa shape index (κ1) is 10.2. The van der Waals surface area contributed by atoms with Crippen LogP contribution in [0.2, 0.25) is 0 Å². The second-order valence-electron chi connectivity index (χ2n) is 3.87. The van der Waals surface area contributed by atoms with Gasteiger partial charge in [0.1, 0.15) is 5.69 Å². The number of carbonyl (C=O) groups is 1. The Labute approximate surface area is 89.2 Å². The number of rotatable bonds is 4. The highest BCUT2D eigenvalue weighted by Gasteiger charge is 2.30. The van der Waals surface area contributed by atoms with Gasteiger partial charge >= 0.3 is 0 Å². The molecule has 1 aromatic heterocycles. The molecule has 0 saturated heterocycles. The fraction of sp³-hybridized carbons (Fsp3) is 0.636. The number of nitrogens with zero attached hydrogens (tertiary/aromatic N) is 2. The maximum Gasteiger partial charge on any atom is 0.187 e. The molecule has 1 aliphatic rings. The summed E-state index contributed by atoms with van der Waals surface area (Å²) in [4.78, 5) is 12.1. The van der Waals surface area contributed by atoms with E-state index in [9.17, 15) is 4.79 Å². The van der Waals surface area contributed by atoms with Crippen molar-refractivity contribution in [3.63, 3.8) is 0 Å². The molecular formula is C11H16N2O2. The Balaban J connectivity index is 2.30. The molecule has 1 fully saturated rings. The van der Waals surface area contributed by atoms with Crippen LogP contribution in [0.25, 0.3) is 0 Å². The molecule has 15 heavy (non-hydrogen) atoms. The first-order chi connectivity index (χ1) is 7.27. The number of ketones is 1. The van der Waals surface area contributed by atoms with Crippen molar-refractivity contribution in [2.24, 2.45) is 5.92 Å². The summed E-state index contributed by atoms with van der Waals surface area (Å²) in [5, 5.41) is 4.14. The summed E-state index contributed by atoms with van der Waals surface area (Å²) in [5.41, 5.74) is 0.643. The summed E-state index contributed by atoms with van der Waals surface area (Å²) in [6.45, 7) is 2.68. The first-order valence-corrected chi connectivity index (χ1v) is 5.42. The van der Waals surface area contributed by atoms with Gasteiger partial charge in [0, 0.05) is 12.5 Å². The van der Waals surface area contributed by atoms with E-state index in [1.165, 1.54) is 6.42 Å². The predicted octanol–water partition coefficient (Wildman–Crippen LogP) is 1.89. The summed E-state index contributed by atoms with van der Waals surface area (Å²) in [6, 6.07) is 0. The van der Waals surface area contributed by atoms with Gasteiger partial charge in [-0.1, -0.05) is 6.42 Å². The number of hydrogen-bond donors (Lipinski definition) is 0. The van der Waals surface area contributed by atoms with Crippen molar-refractivity contribution in [2.45, 2.75) is 32.7 Å². The molecule has 1 saturated carbocycles. The van der Waals surface area contributed by atoms with Gasteiger partial charge in [0.15, 0.2) is 11.5 Å². The number of ether oxygens (including phenoxy) is 1. The van der Waals surface area contributed by atoms with Gasteiger partial charge in [-0.15, -0.1) is 0 Å². The number of Topliss-reactive ketones (excluding diaryl/α,β-unsaturated/α-hetero) is 1. The Hall–Kier alpha value is -1.32. The lowest BCUT2D eigenvalue weighted by Gasteiger charge is -2.24. The molecule has 0 bridgehead atoms. The zero-order valence-electron chi connectivity index (χ0n) is 9.19. The standard InChI is InChI=1S/C11H16N2O2/c1-3-13-10(9(15-2)7-12-13)11(14)8-5-4-6-8/h7-8H,3-6H2,1-2H3. The van der Waals surface area contributed by atoms with Crippen LogP contribution in [-0.4, -0.2) is 22.7 Å². The van der Waals surface area contributed by atoms with Crippen molar-refractivity contribution in [3.8, 4) is 5.75 Å². The van der Waals surface area contributed by atoms with Crippen LogP contribution >= 0.6 is 0 Å². The number of aromatic nitrogens is 2. The van der Waals surface area contributed by atoms with Crippen LogP contribution in [0, 0.1) is 5.92 Å². The lowest BCUT2D eigenvalue weighted by atomic mass is 9.81. The lowest BCUT2D eigenvalue weighted by molar-refractivity contribution is 0.0840. The third-order valence-electron chi connectivity index (χ3n) is 3.03. The highest BCUT2D eigenvalue weighted by molar-refractivity contribution is 5.99. The zero-order chi connectivity index (χ0) is 10.8. The van der Waals surface area contributed by atoms with Gasteiger partial charge < -0.3 is 4.74 Å². The number of carbonyl (C=O) groups excluding carboxylic acids is 1. The van der Waals surface area contributed by atoms with E-state index < -0.39 is 0 Å². The molecule has 0 spiro atoms. The summed E-state index contributed by atoms with van der Waals surface area (Å²) in [5.74, 6) is 0.993. The molecule has 0 radical (unpaired) electrons. The van der Waals surface area contributed by atoms with E-state index >= 15 is 0 Å². The minimum Gasteiger partial charge on any atom is -0.493 e. The Morgan fingerprint density at radius 2 is 2.40 bits per heavy atom. The molecule has 0 amide bonds. The molecule has 82 valence electrons. The fourth-order valence-corrected chi connectivity index (χ4v) is 1.87. The number of aryl methyl sites for hydroxylation is 1. The molecule has 0 atom stereocenters. The van der Waals surface area contributed by atoms with E-state index in [-0.39, 0.29) is 11.7 Å². The highest BCUT2D eigenvalue weighted by atomic mass is 16.5. The third-order valence-corrected chi connectivity index (χ3v) is 3.03. The van der Waals surface area contributed by atoms with E-state index in [1.54, 1.807) is 18.0 Å². The van der Waals surface area contributed by atoms with Crippen LogP contribution in [0.5, 0.6) is 5.75 Å². The number of methoxy groups -OCH3 is 1. The van der Waals surface area contributed by atoms with Crippen LogP contribution in [0.1, 0.15) is 36.7 Å². The van der Waals surface area contributed by atoms with E-state index in [4.69, 9.17) is 4.74 Å². The topological polar surface area (TPSA) is 44.1 Å². The van der Waals surface area contributed by atoms with Gasteiger partial charge in [-0.25, -0.2) is 0 Å². The molecular weight excluding hydrogens is 192 g/mol. The van der Waals surface area contributed by atoms with Crippen molar-refractivity contribution in [1.29, 1.82) is 0 Å². The average molecular weight is 208 g/mol. The molecule has 1 aromatic rings. The molecule has 4 heteroatoms. The quantitative estimate of drug-likeness (QED) is 0.710. The maximum absolute atomic E-state index is 12.1. The van der Waals surface area contributed by atoms with Gasteiger partial charge in [-0.3, -0.25) is 9.48 Å². The van der Waals surface area contributed by atoms with Crippen molar-refractivity contribution in [1.82, 2.24) is 9.78 Å². The summed E-state index contributed by atoms with van der Waals surface area (Å²) < 4.78 is 6.89. The molecule has 1 aliphatic carbocycles.